The monoisotopic (exact) mass is 1560 g/mol. The fourth-order valence-corrected chi connectivity index (χ4v) is 30.8. The minimum atomic E-state index is -3.17. The molecule has 0 fully saturated rings. The Balaban J connectivity index is 0.000000138. The molecule has 0 aliphatic carbocycles. The fraction of sp³-hybridized carbons (Fsp3) is 0. The second-order valence-corrected chi connectivity index (χ2v) is 39.0. The van der Waals surface area contributed by atoms with Crippen LogP contribution in [0.3, 0.4) is 0 Å². The van der Waals surface area contributed by atoms with Crippen LogP contribution in [-0.2, 0) is 0 Å². The maximum Gasteiger partial charge on any atom is 0.234 e. The molecule has 11 heteroatoms. The van der Waals surface area contributed by atoms with Gasteiger partial charge in [-0.1, -0.05) is 303 Å². The minimum Gasteiger partial charge on any atom is -0.456 e. The van der Waals surface area contributed by atoms with Gasteiger partial charge in [-0.25, -0.2) is 9.97 Å². The van der Waals surface area contributed by atoms with Crippen molar-refractivity contribution >= 4 is 198 Å². The van der Waals surface area contributed by atoms with E-state index in [1.807, 2.05) is 23.6 Å². The van der Waals surface area contributed by atoms with Crippen molar-refractivity contribution in [1.82, 2.24) is 28.2 Å². The van der Waals surface area contributed by atoms with Crippen molar-refractivity contribution in [3.8, 4) is 29.1 Å². The van der Waals surface area contributed by atoms with Crippen LogP contribution in [-0.4, -0.2) is 44.4 Å². The predicted octanol–water partition coefficient (Wildman–Crippen LogP) is 21.4. The molecular formula is C107H69N7OSSi2. The molecule has 0 atom stereocenters. The summed E-state index contributed by atoms with van der Waals surface area (Å²) in [5, 5.41) is 34.9. The van der Waals surface area contributed by atoms with Gasteiger partial charge in [0.2, 0.25) is 14.0 Å². The summed E-state index contributed by atoms with van der Waals surface area (Å²) in [5.74, 6) is 0.633. The zero-order chi connectivity index (χ0) is 78.0. The molecule has 24 aromatic rings. The summed E-state index contributed by atoms with van der Waals surface area (Å²) in [5.41, 5.74) is 14.7. The van der Waals surface area contributed by atoms with Gasteiger partial charge in [0, 0.05) is 103 Å². The van der Waals surface area contributed by atoms with Gasteiger partial charge in [-0.05, 0) is 146 Å². The molecule has 552 valence electrons. The van der Waals surface area contributed by atoms with E-state index in [0.717, 1.165) is 82.3 Å². The minimum absolute atomic E-state index is 0.633. The molecule has 0 aliphatic heterocycles. The van der Waals surface area contributed by atoms with Gasteiger partial charge in [0.25, 0.3) is 0 Å². The summed E-state index contributed by atoms with van der Waals surface area (Å²) in [6, 6.07) is 152. The van der Waals surface area contributed by atoms with E-state index in [9.17, 15) is 5.26 Å². The van der Waals surface area contributed by atoms with Crippen LogP contribution in [0.1, 0.15) is 5.56 Å². The standard InChI is InChI=1S/C55H35N3SSi.C52H34N4OSi/c56-36-37-32-39(58-51-27-13-9-22-45(51)48-35-38(30-31-52(48)58)57-49-25-11-7-20-43(49)44-21-8-12-26-50(44)57)34-42(33-37)60(40-16-3-1-4-17-40,41-18-5-2-6-19-41)54-29-15-24-47-46-23-10-14-28-53(46)59-55(47)54;1-3-16-36(17-4-1)58(37-18-5-2-6-19-37,49-29-15-24-42-41-23-10-14-28-48(41)57-51(42)49)50-32-33-53-52(54-50)56-46-27-13-9-22-40(46)43-34-35(30-31-47(43)56)55-44-25-11-7-20-38(44)39-21-8-12-26-45(39)55/h1-35H;1-34H. The molecule has 0 aliphatic rings. The Bertz CT molecular complexity index is 7990. The number of benzene rings is 17. The lowest BCUT2D eigenvalue weighted by Gasteiger charge is -2.35. The van der Waals surface area contributed by atoms with E-state index in [1.54, 1.807) is 0 Å². The van der Waals surface area contributed by atoms with E-state index in [-0.39, 0.29) is 0 Å². The normalized spacial score (nSPS) is 12.1. The Labute approximate surface area is 684 Å². The quantitative estimate of drug-likeness (QED) is 0.0901. The SMILES string of the molecule is N#Cc1cc(-n2c3ccccc3c3cc(-n4c5ccccc5c5ccccc54)ccc32)cc([Si](c2ccccc2)(c2ccccc2)c2cccc3c2sc2ccccc23)c1.c1ccc([Si](c2ccccc2)(c2ccnc(-n3c4ccccc4c4cc(-n5c6ccccc6c6ccccc65)ccc43)n2)c2cccc3c2oc2ccccc23)cc1. The average molecular weight is 1560 g/mol. The molecule has 0 saturated carbocycles. The number of fused-ring (bicyclic) bond motifs is 18. The Hall–Kier alpha value is -15.0. The van der Waals surface area contributed by atoms with Crippen molar-refractivity contribution in [3.05, 3.63) is 424 Å². The van der Waals surface area contributed by atoms with Gasteiger partial charge in [-0.3, -0.25) is 4.57 Å². The second-order valence-electron chi connectivity index (χ2n) is 30.5. The van der Waals surface area contributed by atoms with Gasteiger partial charge < -0.3 is 18.1 Å². The second kappa shape index (κ2) is 27.6. The maximum atomic E-state index is 10.9. The number of nitrogens with zero attached hydrogens (tertiary/aromatic N) is 7. The fourth-order valence-electron chi connectivity index (χ4n) is 19.5. The van der Waals surface area contributed by atoms with E-state index in [4.69, 9.17) is 14.4 Å². The first-order chi connectivity index (χ1) is 58.5. The highest BCUT2D eigenvalue weighted by atomic mass is 32.1. The van der Waals surface area contributed by atoms with Gasteiger partial charge >= 0.3 is 0 Å². The topological polar surface area (TPSA) is 82.4 Å². The van der Waals surface area contributed by atoms with E-state index in [0.29, 0.717) is 11.5 Å². The van der Waals surface area contributed by atoms with Gasteiger partial charge in [0.1, 0.15) is 11.2 Å². The summed E-state index contributed by atoms with van der Waals surface area (Å²) < 4.78 is 18.8. The highest BCUT2D eigenvalue weighted by Gasteiger charge is 2.47. The van der Waals surface area contributed by atoms with Crippen LogP contribution in [0.15, 0.2) is 423 Å². The molecule has 118 heavy (non-hydrogen) atoms. The summed E-state index contributed by atoms with van der Waals surface area (Å²) in [6.07, 6.45) is 1.94. The number of para-hydroxylation sites is 8. The maximum absolute atomic E-state index is 10.9. The first-order valence-electron chi connectivity index (χ1n) is 40.0. The zero-order valence-electron chi connectivity index (χ0n) is 63.8. The Morgan fingerprint density at radius 1 is 0.280 bits per heavy atom. The van der Waals surface area contributed by atoms with Gasteiger partial charge in [-0.15, -0.1) is 11.3 Å². The molecule has 0 saturated heterocycles. The molecular weight excluding hydrogens is 1490 g/mol. The zero-order valence-corrected chi connectivity index (χ0v) is 66.6. The molecule has 0 N–H and O–H groups in total. The molecule has 0 spiro atoms. The summed E-state index contributed by atoms with van der Waals surface area (Å²) in [7, 11) is -6.27. The number of rotatable bonds is 12. The number of aromatic nitrogens is 6. The third kappa shape index (κ3) is 10.4. The number of furan rings is 1. The number of hydrogen-bond acceptors (Lipinski definition) is 5. The molecule has 8 nitrogen and oxygen atoms in total. The van der Waals surface area contributed by atoms with Crippen molar-refractivity contribution in [3.63, 3.8) is 0 Å². The van der Waals surface area contributed by atoms with E-state index < -0.39 is 16.1 Å². The van der Waals surface area contributed by atoms with E-state index in [2.05, 4.69) is 431 Å². The van der Waals surface area contributed by atoms with Crippen LogP contribution in [0.25, 0.3) is 152 Å². The largest absolute Gasteiger partial charge is 0.456 e. The Morgan fingerprint density at radius 2 is 0.669 bits per heavy atom. The molecule has 0 unspecified atom stereocenters. The van der Waals surface area contributed by atoms with Gasteiger partial charge in [-0.2, -0.15) is 5.26 Å². The third-order valence-electron chi connectivity index (χ3n) is 24.4. The molecule has 7 heterocycles. The van der Waals surface area contributed by atoms with Crippen LogP contribution >= 0.6 is 11.3 Å². The van der Waals surface area contributed by atoms with Crippen LogP contribution in [0.2, 0.25) is 0 Å². The van der Waals surface area contributed by atoms with Gasteiger partial charge in [0.15, 0.2) is 8.07 Å². The van der Waals surface area contributed by atoms with Crippen LogP contribution in [0.5, 0.6) is 0 Å². The lowest BCUT2D eigenvalue weighted by Crippen LogP contribution is -2.75. The van der Waals surface area contributed by atoms with Crippen molar-refractivity contribution in [2.75, 3.05) is 0 Å². The smallest absolute Gasteiger partial charge is 0.234 e. The first-order valence-corrected chi connectivity index (χ1v) is 44.8. The van der Waals surface area contributed by atoms with Crippen molar-refractivity contribution in [2.45, 2.75) is 0 Å². The highest BCUT2D eigenvalue weighted by Crippen LogP contribution is 2.41. The number of hydrogen-bond donors (Lipinski definition) is 0. The van der Waals surface area contributed by atoms with Crippen molar-refractivity contribution < 1.29 is 4.42 Å². The predicted molar refractivity (Wildman–Crippen MR) is 498 cm³/mol. The third-order valence-corrected chi connectivity index (χ3v) is 35.2. The first kappa shape index (κ1) is 68.6. The van der Waals surface area contributed by atoms with E-state index in [1.165, 1.54) is 106 Å². The van der Waals surface area contributed by atoms with Crippen LogP contribution in [0.4, 0.5) is 0 Å². The summed E-state index contributed by atoms with van der Waals surface area (Å²) in [6.45, 7) is 0. The number of nitriles is 1. The molecule has 0 amide bonds. The molecule has 17 aromatic carbocycles. The van der Waals surface area contributed by atoms with Crippen LogP contribution in [0, 0.1) is 11.3 Å². The van der Waals surface area contributed by atoms with Crippen molar-refractivity contribution in [1.29, 1.82) is 5.26 Å². The summed E-state index contributed by atoms with van der Waals surface area (Å²) >= 11 is 1.88. The Kier molecular flexibility index (Phi) is 16.0. The Morgan fingerprint density at radius 3 is 1.18 bits per heavy atom. The molecule has 24 rings (SSSR count). The highest BCUT2D eigenvalue weighted by molar-refractivity contribution is 7.30. The summed E-state index contributed by atoms with van der Waals surface area (Å²) in [4.78, 5) is 10.8. The average Bonchev–Trinajstić information content (AvgIpc) is 1.30. The van der Waals surface area contributed by atoms with E-state index >= 15 is 0 Å². The molecule has 0 bridgehead atoms. The van der Waals surface area contributed by atoms with Crippen LogP contribution < -0.4 is 41.6 Å². The molecule has 0 radical (unpaired) electrons. The van der Waals surface area contributed by atoms with Crippen molar-refractivity contribution in [2.24, 2.45) is 0 Å². The molecule has 7 aromatic heterocycles. The lowest BCUT2D eigenvalue weighted by molar-refractivity contribution is 0.671. The lowest BCUT2D eigenvalue weighted by atomic mass is 10.1. The van der Waals surface area contributed by atoms with Gasteiger partial charge in [0.05, 0.1) is 55.8 Å². The number of thiophene rings is 1.